The second-order valence-electron chi connectivity index (χ2n) is 7.15. The van der Waals surface area contributed by atoms with E-state index in [0.29, 0.717) is 12.5 Å². The predicted molar refractivity (Wildman–Crippen MR) is 83.0 cm³/mol. The van der Waals surface area contributed by atoms with Gasteiger partial charge in [0.15, 0.2) is 0 Å². The molecule has 1 aliphatic heterocycles. The zero-order valence-electron chi connectivity index (χ0n) is 14.1. The third-order valence-corrected chi connectivity index (χ3v) is 5.61. The molecule has 1 heterocycles. The van der Waals surface area contributed by atoms with Crippen molar-refractivity contribution in [1.82, 2.24) is 4.90 Å². The smallest absolute Gasteiger partial charge is 0.480 e. The Balaban J connectivity index is 0.000000298. The number of aliphatic carboxylic acids is 2. The minimum Gasteiger partial charge on any atom is -0.480 e. The quantitative estimate of drug-likeness (QED) is 0.682. The molecular weight excluding hydrogens is 357 g/mol. The molecule has 0 aromatic rings. The number of alkyl halides is 3. The van der Waals surface area contributed by atoms with Gasteiger partial charge in [0.2, 0.25) is 5.91 Å². The van der Waals surface area contributed by atoms with Crippen LogP contribution in [0.2, 0.25) is 0 Å². The number of fused-ring (bicyclic) bond motifs is 1. The Hall–Kier alpha value is -1.84. The first-order valence-corrected chi connectivity index (χ1v) is 8.63. The van der Waals surface area contributed by atoms with Crippen LogP contribution >= 0.6 is 0 Å². The van der Waals surface area contributed by atoms with Crippen molar-refractivity contribution >= 4 is 17.8 Å². The maximum absolute atomic E-state index is 12.5. The number of amides is 1. The van der Waals surface area contributed by atoms with Gasteiger partial charge in [-0.25, -0.2) is 9.59 Å². The molecule has 4 atom stereocenters. The Morgan fingerprint density at radius 1 is 1.04 bits per heavy atom. The van der Waals surface area contributed by atoms with Crippen LogP contribution in [-0.4, -0.2) is 57.8 Å². The molecule has 3 aliphatic rings. The molecule has 1 amide bonds. The minimum absolute atomic E-state index is 0.133. The lowest BCUT2D eigenvalue weighted by atomic mass is 9.79. The highest BCUT2D eigenvalue weighted by molar-refractivity contribution is 5.88. The first-order valence-electron chi connectivity index (χ1n) is 8.63. The molecule has 3 fully saturated rings. The fourth-order valence-electron chi connectivity index (χ4n) is 4.04. The van der Waals surface area contributed by atoms with Crippen LogP contribution in [0.5, 0.6) is 0 Å². The average Bonchev–Trinajstić information content (AvgIpc) is 3.03. The first kappa shape index (κ1) is 20.5. The van der Waals surface area contributed by atoms with Crippen molar-refractivity contribution in [3.05, 3.63) is 0 Å². The van der Waals surface area contributed by atoms with Crippen LogP contribution in [-0.2, 0) is 14.4 Å². The van der Waals surface area contributed by atoms with Crippen molar-refractivity contribution in [3.63, 3.8) is 0 Å². The number of nitrogens with zero attached hydrogens (tertiary/aromatic N) is 1. The summed E-state index contributed by atoms with van der Waals surface area (Å²) >= 11 is 0. The second kappa shape index (κ2) is 7.81. The van der Waals surface area contributed by atoms with Crippen molar-refractivity contribution in [3.8, 4) is 0 Å². The van der Waals surface area contributed by atoms with E-state index < -0.39 is 30.2 Å². The van der Waals surface area contributed by atoms with Crippen LogP contribution in [0.3, 0.4) is 0 Å². The number of carbonyl (C=O) groups is 3. The van der Waals surface area contributed by atoms with Crippen LogP contribution in [0.15, 0.2) is 0 Å². The molecule has 0 aromatic heterocycles. The van der Waals surface area contributed by atoms with Gasteiger partial charge in [0, 0.05) is 6.54 Å². The van der Waals surface area contributed by atoms with E-state index in [9.17, 15) is 27.9 Å². The van der Waals surface area contributed by atoms with E-state index in [0.717, 1.165) is 38.5 Å². The highest BCUT2D eigenvalue weighted by Gasteiger charge is 2.50. The summed E-state index contributed by atoms with van der Waals surface area (Å²) in [5.74, 6) is -2.96. The molecular formula is C16H23F3N2O5. The van der Waals surface area contributed by atoms with Gasteiger partial charge in [-0.2, -0.15) is 13.2 Å². The van der Waals surface area contributed by atoms with Crippen LogP contribution < -0.4 is 5.73 Å². The summed E-state index contributed by atoms with van der Waals surface area (Å²) in [6, 6.07) is -1.12. The highest BCUT2D eigenvalue weighted by Crippen LogP contribution is 2.43. The average molecular weight is 380 g/mol. The van der Waals surface area contributed by atoms with E-state index in [1.807, 2.05) is 0 Å². The van der Waals surface area contributed by atoms with E-state index in [-0.39, 0.29) is 17.7 Å². The Labute approximate surface area is 148 Å². The molecule has 10 heteroatoms. The molecule has 2 saturated carbocycles. The number of halogens is 3. The summed E-state index contributed by atoms with van der Waals surface area (Å²) in [6.07, 6.45) is 1.15. The molecule has 0 radical (unpaired) electrons. The van der Waals surface area contributed by atoms with Gasteiger partial charge in [-0.1, -0.05) is 12.8 Å². The van der Waals surface area contributed by atoms with Crippen LogP contribution in [0.25, 0.3) is 0 Å². The summed E-state index contributed by atoms with van der Waals surface area (Å²) in [5.41, 5.74) is 6.03. The number of likely N-dealkylation sites (tertiary alicyclic amines) is 1. The SMILES string of the molecule is N[C@H](C(=O)N1C[C@@H]2CCC[C@@H]2[C@H]1C(=O)O)C1CCC1.O=C(O)C(F)(F)F. The minimum atomic E-state index is -5.08. The molecule has 2 aliphatic carbocycles. The lowest BCUT2D eigenvalue weighted by Crippen LogP contribution is -2.53. The Bertz CT molecular complexity index is 565. The zero-order chi connectivity index (χ0) is 19.6. The van der Waals surface area contributed by atoms with Gasteiger partial charge in [-0.3, -0.25) is 4.79 Å². The second-order valence-corrected chi connectivity index (χ2v) is 7.15. The van der Waals surface area contributed by atoms with Crippen LogP contribution in [0, 0.1) is 17.8 Å². The van der Waals surface area contributed by atoms with Gasteiger partial charge >= 0.3 is 18.1 Å². The summed E-state index contributed by atoms with van der Waals surface area (Å²) in [4.78, 5) is 34.4. The molecule has 1 saturated heterocycles. The molecule has 3 rings (SSSR count). The maximum Gasteiger partial charge on any atom is 0.490 e. The molecule has 0 aromatic carbocycles. The maximum atomic E-state index is 12.5. The van der Waals surface area contributed by atoms with Gasteiger partial charge in [0.1, 0.15) is 6.04 Å². The van der Waals surface area contributed by atoms with Crippen molar-refractivity contribution < 1.29 is 37.8 Å². The molecule has 4 N–H and O–H groups in total. The van der Waals surface area contributed by atoms with Gasteiger partial charge in [-0.05, 0) is 43.4 Å². The Kier molecular flexibility index (Phi) is 6.15. The van der Waals surface area contributed by atoms with E-state index in [1.54, 1.807) is 4.90 Å². The lowest BCUT2D eigenvalue weighted by Gasteiger charge is -2.34. The van der Waals surface area contributed by atoms with Crippen LogP contribution in [0.1, 0.15) is 38.5 Å². The number of rotatable bonds is 3. The van der Waals surface area contributed by atoms with Gasteiger partial charge in [0.25, 0.3) is 0 Å². The molecule has 7 nitrogen and oxygen atoms in total. The number of hydrogen-bond donors (Lipinski definition) is 3. The van der Waals surface area contributed by atoms with E-state index in [4.69, 9.17) is 15.6 Å². The number of carboxylic acids is 2. The molecule has 0 bridgehead atoms. The molecule has 148 valence electrons. The predicted octanol–water partition coefficient (Wildman–Crippen LogP) is 1.46. The highest BCUT2D eigenvalue weighted by atomic mass is 19.4. The number of hydrogen-bond acceptors (Lipinski definition) is 4. The number of carboxylic acid groups (broad SMARTS) is 2. The molecule has 0 unspecified atom stereocenters. The summed E-state index contributed by atoms with van der Waals surface area (Å²) in [5, 5.41) is 16.6. The van der Waals surface area contributed by atoms with Crippen molar-refractivity contribution in [1.29, 1.82) is 0 Å². The van der Waals surface area contributed by atoms with E-state index in [2.05, 4.69) is 0 Å². The zero-order valence-corrected chi connectivity index (χ0v) is 14.1. The van der Waals surface area contributed by atoms with Crippen LogP contribution in [0.4, 0.5) is 13.2 Å². The summed E-state index contributed by atoms with van der Waals surface area (Å²) < 4.78 is 31.7. The number of carbonyl (C=O) groups excluding carboxylic acids is 1. The van der Waals surface area contributed by atoms with Gasteiger partial charge in [0.05, 0.1) is 6.04 Å². The lowest BCUT2D eigenvalue weighted by molar-refractivity contribution is -0.192. The van der Waals surface area contributed by atoms with Crippen molar-refractivity contribution in [2.45, 2.75) is 56.8 Å². The fourth-order valence-corrected chi connectivity index (χ4v) is 4.04. The van der Waals surface area contributed by atoms with Crippen molar-refractivity contribution in [2.75, 3.05) is 6.54 Å². The van der Waals surface area contributed by atoms with Gasteiger partial charge in [-0.15, -0.1) is 0 Å². The Morgan fingerprint density at radius 2 is 1.58 bits per heavy atom. The van der Waals surface area contributed by atoms with E-state index in [1.165, 1.54) is 0 Å². The monoisotopic (exact) mass is 380 g/mol. The molecule has 0 spiro atoms. The third kappa shape index (κ3) is 4.28. The largest absolute Gasteiger partial charge is 0.490 e. The number of nitrogens with two attached hydrogens (primary N) is 1. The standard InChI is InChI=1S/C14H22N2O3.C2HF3O2/c15-11(8-3-1-4-8)13(17)16-7-9-5-2-6-10(9)12(16)14(18)19;3-2(4,5)1(6)7/h8-12H,1-7,15H2,(H,18,19);(H,6,7)/t9-,10-,11-,12-;/m0./s1. The summed E-state index contributed by atoms with van der Waals surface area (Å²) in [6.45, 7) is 0.598. The first-order chi connectivity index (χ1) is 12.0. The third-order valence-electron chi connectivity index (χ3n) is 5.61. The van der Waals surface area contributed by atoms with Gasteiger partial charge < -0.3 is 20.8 Å². The normalized spacial score (nSPS) is 29.2. The van der Waals surface area contributed by atoms with Crippen molar-refractivity contribution in [2.24, 2.45) is 23.5 Å². The topological polar surface area (TPSA) is 121 Å². The Morgan fingerprint density at radius 3 is 2.00 bits per heavy atom. The van der Waals surface area contributed by atoms with E-state index >= 15 is 0 Å². The molecule has 26 heavy (non-hydrogen) atoms. The fraction of sp³-hybridized carbons (Fsp3) is 0.812. The summed E-state index contributed by atoms with van der Waals surface area (Å²) in [7, 11) is 0.